The van der Waals surface area contributed by atoms with Gasteiger partial charge in [-0.15, -0.1) is 11.3 Å². The van der Waals surface area contributed by atoms with Gasteiger partial charge in [-0.1, -0.05) is 24.3 Å². The minimum Gasteiger partial charge on any atom is -0.350 e. The Kier molecular flexibility index (Phi) is 5.09. The number of rotatable bonds is 5. The van der Waals surface area contributed by atoms with E-state index in [0.717, 1.165) is 27.6 Å². The maximum atomic E-state index is 12.9. The first-order chi connectivity index (χ1) is 12.0. The zero-order valence-corrected chi connectivity index (χ0v) is 14.7. The number of nitrogens with one attached hydrogen (secondary N) is 2. The molecule has 6 heteroatoms. The molecule has 0 bridgehead atoms. The third kappa shape index (κ3) is 4.42. The lowest BCUT2D eigenvalue weighted by Crippen LogP contribution is -2.23. The summed E-state index contributed by atoms with van der Waals surface area (Å²) < 4.78 is 12.9. The first-order valence-electron chi connectivity index (χ1n) is 7.87. The number of hydrogen-bond acceptors (Lipinski definition) is 4. The fraction of sp³-hybridized carbons (Fsp3) is 0.158. The number of benzene rings is 2. The molecule has 2 N–H and O–H groups in total. The lowest BCUT2D eigenvalue weighted by atomic mass is 10.1. The Bertz CT molecular complexity index is 859. The molecule has 0 saturated heterocycles. The van der Waals surface area contributed by atoms with Gasteiger partial charge >= 0.3 is 0 Å². The van der Waals surface area contributed by atoms with Crippen LogP contribution in [0.2, 0.25) is 0 Å². The Hall–Kier alpha value is -2.73. The number of hydrogen-bond donors (Lipinski definition) is 2. The van der Waals surface area contributed by atoms with E-state index in [9.17, 15) is 9.18 Å². The second kappa shape index (κ2) is 7.44. The van der Waals surface area contributed by atoms with Gasteiger partial charge in [0, 0.05) is 23.6 Å². The van der Waals surface area contributed by atoms with Crippen molar-refractivity contribution in [1.29, 1.82) is 0 Å². The normalized spacial score (nSPS) is 11.8. The molecule has 0 spiro atoms. The Morgan fingerprint density at radius 1 is 1.12 bits per heavy atom. The SMILES string of the molecule is CC(=O)NC(C)c1ccc(-c2csc(Nc3ccc(F)cc3)n2)cc1. The Morgan fingerprint density at radius 2 is 1.80 bits per heavy atom. The standard InChI is InChI=1S/C19H18FN3OS/c1-12(21-13(2)24)14-3-5-15(6-4-14)18-11-25-19(23-18)22-17-9-7-16(20)8-10-17/h3-12H,1-2H3,(H,21,24)(H,22,23). The van der Waals surface area contributed by atoms with Crippen LogP contribution in [0.3, 0.4) is 0 Å². The van der Waals surface area contributed by atoms with Crippen LogP contribution in [0.4, 0.5) is 15.2 Å². The van der Waals surface area contributed by atoms with Gasteiger partial charge in [0.15, 0.2) is 5.13 Å². The largest absolute Gasteiger partial charge is 0.350 e. The zero-order valence-electron chi connectivity index (χ0n) is 13.9. The second-order valence-corrected chi connectivity index (χ2v) is 6.57. The van der Waals surface area contributed by atoms with Crippen LogP contribution < -0.4 is 10.6 Å². The van der Waals surface area contributed by atoms with Gasteiger partial charge < -0.3 is 10.6 Å². The quantitative estimate of drug-likeness (QED) is 0.685. The smallest absolute Gasteiger partial charge is 0.217 e. The van der Waals surface area contributed by atoms with Crippen LogP contribution in [0.5, 0.6) is 0 Å². The summed E-state index contributed by atoms with van der Waals surface area (Å²) in [4.78, 5) is 15.7. The van der Waals surface area contributed by atoms with E-state index >= 15 is 0 Å². The highest BCUT2D eigenvalue weighted by atomic mass is 32.1. The summed E-state index contributed by atoms with van der Waals surface area (Å²) in [6.07, 6.45) is 0. The number of anilines is 2. The third-order valence-corrected chi connectivity index (χ3v) is 4.48. The predicted octanol–water partition coefficient (Wildman–Crippen LogP) is 4.89. The van der Waals surface area contributed by atoms with Gasteiger partial charge in [-0.05, 0) is 36.8 Å². The number of carbonyl (C=O) groups excluding carboxylic acids is 1. The van der Waals surface area contributed by atoms with Gasteiger partial charge in [0.25, 0.3) is 0 Å². The van der Waals surface area contributed by atoms with Crippen molar-refractivity contribution >= 4 is 28.1 Å². The van der Waals surface area contributed by atoms with Crippen molar-refractivity contribution < 1.29 is 9.18 Å². The molecule has 1 unspecified atom stereocenters. The van der Waals surface area contributed by atoms with Crippen LogP contribution in [0.25, 0.3) is 11.3 Å². The molecule has 0 aliphatic carbocycles. The van der Waals surface area contributed by atoms with Gasteiger partial charge in [0.1, 0.15) is 5.82 Å². The summed E-state index contributed by atoms with van der Waals surface area (Å²) in [7, 11) is 0. The van der Waals surface area contributed by atoms with Crippen molar-refractivity contribution in [3.05, 3.63) is 65.3 Å². The van der Waals surface area contributed by atoms with E-state index in [2.05, 4.69) is 15.6 Å². The van der Waals surface area contributed by atoms with Crippen molar-refractivity contribution in [2.75, 3.05) is 5.32 Å². The van der Waals surface area contributed by atoms with Crippen molar-refractivity contribution in [2.45, 2.75) is 19.9 Å². The number of thiazole rings is 1. The molecule has 0 aliphatic rings. The number of nitrogens with zero attached hydrogens (tertiary/aromatic N) is 1. The predicted molar refractivity (Wildman–Crippen MR) is 99.5 cm³/mol. The minimum absolute atomic E-state index is 0.0299. The average molecular weight is 355 g/mol. The first-order valence-corrected chi connectivity index (χ1v) is 8.75. The van der Waals surface area contributed by atoms with Crippen molar-refractivity contribution in [1.82, 2.24) is 10.3 Å². The monoisotopic (exact) mass is 355 g/mol. The molecular weight excluding hydrogens is 337 g/mol. The van der Waals surface area contributed by atoms with Crippen molar-refractivity contribution in [3.63, 3.8) is 0 Å². The Labute approximate surface area is 149 Å². The summed E-state index contributed by atoms with van der Waals surface area (Å²) in [6.45, 7) is 3.46. The fourth-order valence-corrected chi connectivity index (χ4v) is 3.19. The summed E-state index contributed by atoms with van der Waals surface area (Å²) in [5, 5.41) is 8.75. The molecule has 1 amide bonds. The molecule has 25 heavy (non-hydrogen) atoms. The highest BCUT2D eigenvalue weighted by Crippen LogP contribution is 2.28. The number of halogens is 1. The average Bonchev–Trinajstić information content (AvgIpc) is 3.05. The lowest BCUT2D eigenvalue weighted by Gasteiger charge is -2.13. The lowest BCUT2D eigenvalue weighted by molar-refractivity contribution is -0.119. The van der Waals surface area contributed by atoms with Gasteiger partial charge in [-0.25, -0.2) is 9.37 Å². The van der Waals surface area contributed by atoms with E-state index in [4.69, 9.17) is 0 Å². The summed E-state index contributed by atoms with van der Waals surface area (Å²) in [5.41, 5.74) is 3.70. The third-order valence-electron chi connectivity index (χ3n) is 3.73. The highest BCUT2D eigenvalue weighted by molar-refractivity contribution is 7.14. The topological polar surface area (TPSA) is 54.0 Å². The maximum absolute atomic E-state index is 12.9. The van der Waals surface area contributed by atoms with E-state index in [0.29, 0.717) is 0 Å². The molecule has 1 aromatic heterocycles. The van der Waals surface area contributed by atoms with E-state index in [1.165, 1.54) is 30.4 Å². The minimum atomic E-state index is -0.265. The van der Waals surface area contributed by atoms with Crippen molar-refractivity contribution in [3.8, 4) is 11.3 Å². The first kappa shape index (κ1) is 17.1. The van der Waals surface area contributed by atoms with E-state index in [1.807, 2.05) is 36.6 Å². The Balaban J connectivity index is 1.71. The van der Waals surface area contributed by atoms with Gasteiger partial charge in [0.05, 0.1) is 11.7 Å². The molecule has 0 saturated carbocycles. The van der Waals surface area contributed by atoms with E-state index in [1.54, 1.807) is 12.1 Å². The van der Waals surface area contributed by atoms with Gasteiger partial charge in [0.2, 0.25) is 5.91 Å². The maximum Gasteiger partial charge on any atom is 0.217 e. The van der Waals surface area contributed by atoms with E-state index < -0.39 is 0 Å². The molecule has 0 radical (unpaired) electrons. The zero-order chi connectivity index (χ0) is 17.8. The van der Waals surface area contributed by atoms with Gasteiger partial charge in [-0.3, -0.25) is 4.79 Å². The van der Waals surface area contributed by atoms with E-state index in [-0.39, 0.29) is 17.8 Å². The fourth-order valence-electron chi connectivity index (χ4n) is 2.45. The molecule has 1 heterocycles. The molecule has 4 nitrogen and oxygen atoms in total. The van der Waals surface area contributed by atoms with Crippen LogP contribution in [0.1, 0.15) is 25.5 Å². The van der Waals surface area contributed by atoms with Crippen LogP contribution in [0.15, 0.2) is 53.9 Å². The number of aromatic nitrogens is 1. The second-order valence-electron chi connectivity index (χ2n) is 5.71. The summed E-state index contributed by atoms with van der Waals surface area (Å²) in [5.74, 6) is -0.313. The van der Waals surface area contributed by atoms with Crippen molar-refractivity contribution in [2.24, 2.45) is 0 Å². The van der Waals surface area contributed by atoms with Crippen LogP contribution in [0, 0.1) is 5.82 Å². The number of carbonyl (C=O) groups is 1. The Morgan fingerprint density at radius 3 is 2.44 bits per heavy atom. The summed E-state index contributed by atoms with van der Waals surface area (Å²) in [6, 6.07) is 14.1. The number of amides is 1. The molecular formula is C19H18FN3OS. The molecule has 128 valence electrons. The van der Waals surface area contributed by atoms with Crippen LogP contribution >= 0.6 is 11.3 Å². The molecule has 3 rings (SSSR count). The highest BCUT2D eigenvalue weighted by Gasteiger charge is 2.09. The molecule has 3 aromatic rings. The summed E-state index contributed by atoms with van der Waals surface area (Å²) >= 11 is 1.49. The van der Waals surface area contributed by atoms with Gasteiger partial charge in [-0.2, -0.15) is 0 Å². The van der Waals surface area contributed by atoms with Crippen LogP contribution in [-0.2, 0) is 4.79 Å². The molecule has 0 fully saturated rings. The molecule has 0 aliphatic heterocycles. The molecule has 1 atom stereocenters. The van der Waals surface area contributed by atoms with Crippen LogP contribution in [-0.4, -0.2) is 10.9 Å². The molecule has 2 aromatic carbocycles.